The van der Waals surface area contributed by atoms with Gasteiger partial charge >= 0.3 is 0 Å². The number of para-hydroxylation sites is 1. The Labute approximate surface area is 132 Å². The predicted molar refractivity (Wildman–Crippen MR) is 82.8 cm³/mol. The third kappa shape index (κ3) is 3.84. The molecule has 0 aliphatic carbocycles. The highest BCUT2D eigenvalue weighted by atomic mass is 79.9. The van der Waals surface area contributed by atoms with Crippen molar-refractivity contribution in [3.63, 3.8) is 0 Å². The second-order valence-corrected chi connectivity index (χ2v) is 7.14. The van der Waals surface area contributed by atoms with Crippen LogP contribution in [0, 0.1) is 11.3 Å². The number of nitrogens with zero attached hydrogens (tertiary/aromatic N) is 1. The van der Waals surface area contributed by atoms with Gasteiger partial charge in [-0.25, -0.2) is 8.42 Å². The Balaban J connectivity index is 2.07. The second kappa shape index (κ2) is 6.74. The van der Waals surface area contributed by atoms with Gasteiger partial charge in [0.1, 0.15) is 18.4 Å². The van der Waals surface area contributed by atoms with Crippen LogP contribution >= 0.6 is 15.9 Å². The highest BCUT2D eigenvalue weighted by molar-refractivity contribution is 9.10. The van der Waals surface area contributed by atoms with Crippen LogP contribution < -0.4 is 4.74 Å². The number of sulfone groups is 1. The lowest BCUT2D eigenvalue weighted by atomic mass is 10.2. The molecule has 0 N–H and O–H groups in total. The van der Waals surface area contributed by atoms with E-state index in [0.29, 0.717) is 15.8 Å². The van der Waals surface area contributed by atoms with Crippen LogP contribution in [0.25, 0.3) is 0 Å². The summed E-state index contributed by atoms with van der Waals surface area (Å²) in [5.74, 6) is 0.234. The molecule has 0 fully saturated rings. The van der Waals surface area contributed by atoms with Gasteiger partial charge in [0, 0.05) is 4.47 Å². The van der Waals surface area contributed by atoms with E-state index >= 15 is 0 Å². The molecule has 0 saturated carbocycles. The number of rotatable bonds is 5. The van der Waals surface area contributed by atoms with Gasteiger partial charge in [0.2, 0.25) is 0 Å². The van der Waals surface area contributed by atoms with Gasteiger partial charge in [-0.1, -0.05) is 24.3 Å². The molecule has 6 heteroatoms. The molecule has 108 valence electrons. The monoisotopic (exact) mass is 365 g/mol. The van der Waals surface area contributed by atoms with Crippen molar-refractivity contribution in [2.24, 2.45) is 0 Å². The number of hydrogen-bond acceptors (Lipinski definition) is 4. The Morgan fingerprint density at radius 3 is 2.48 bits per heavy atom. The molecule has 4 nitrogen and oxygen atoms in total. The van der Waals surface area contributed by atoms with E-state index in [1.54, 1.807) is 48.5 Å². The van der Waals surface area contributed by atoms with Crippen molar-refractivity contribution in [1.82, 2.24) is 0 Å². The summed E-state index contributed by atoms with van der Waals surface area (Å²) in [6, 6.07) is 15.4. The minimum atomic E-state index is -3.44. The molecule has 2 aromatic carbocycles. The molecule has 0 heterocycles. The fourth-order valence-electron chi connectivity index (χ4n) is 1.75. The minimum Gasteiger partial charge on any atom is -0.491 e. The minimum absolute atomic E-state index is 0.0115. The fourth-order valence-corrected chi connectivity index (χ4v) is 3.95. The largest absolute Gasteiger partial charge is 0.491 e. The van der Waals surface area contributed by atoms with Gasteiger partial charge in [-0.05, 0) is 40.2 Å². The van der Waals surface area contributed by atoms with E-state index in [-0.39, 0.29) is 17.3 Å². The number of benzene rings is 2. The van der Waals surface area contributed by atoms with Crippen molar-refractivity contribution in [3.05, 3.63) is 58.6 Å². The van der Waals surface area contributed by atoms with E-state index in [1.807, 2.05) is 6.07 Å². The summed E-state index contributed by atoms with van der Waals surface area (Å²) in [4.78, 5) is 0.238. The predicted octanol–water partition coefficient (Wildman–Crippen LogP) is 3.17. The number of ether oxygens (including phenoxy) is 1. The van der Waals surface area contributed by atoms with E-state index in [9.17, 15) is 8.42 Å². The third-order valence-corrected chi connectivity index (χ3v) is 5.47. The topological polar surface area (TPSA) is 67.2 Å². The molecule has 0 amide bonds. The zero-order chi connectivity index (χ0) is 15.3. The van der Waals surface area contributed by atoms with E-state index in [1.165, 1.54) is 0 Å². The van der Waals surface area contributed by atoms with Crippen molar-refractivity contribution in [2.45, 2.75) is 4.90 Å². The van der Waals surface area contributed by atoms with Gasteiger partial charge in [0.05, 0.1) is 16.2 Å². The van der Waals surface area contributed by atoms with Crippen LogP contribution in [0.2, 0.25) is 0 Å². The van der Waals surface area contributed by atoms with E-state index in [2.05, 4.69) is 15.9 Å². The maximum Gasteiger partial charge on any atom is 0.182 e. The molecule has 0 saturated heterocycles. The molecule has 0 unspecified atom stereocenters. The highest BCUT2D eigenvalue weighted by Crippen LogP contribution is 2.23. The van der Waals surface area contributed by atoms with Gasteiger partial charge in [-0.2, -0.15) is 5.26 Å². The lowest BCUT2D eigenvalue weighted by Gasteiger charge is -2.09. The average molecular weight is 366 g/mol. The van der Waals surface area contributed by atoms with Crippen molar-refractivity contribution in [2.75, 3.05) is 12.4 Å². The Bertz CT molecular complexity index is 782. The molecule has 2 aromatic rings. The summed E-state index contributed by atoms with van der Waals surface area (Å²) in [6.45, 7) is -0.0115. The Morgan fingerprint density at radius 2 is 1.76 bits per heavy atom. The molecule has 0 aliphatic rings. The normalized spacial score (nSPS) is 10.9. The molecule has 0 aromatic heterocycles. The zero-order valence-electron chi connectivity index (χ0n) is 11.0. The van der Waals surface area contributed by atoms with Crippen molar-refractivity contribution < 1.29 is 13.2 Å². The van der Waals surface area contributed by atoms with Gasteiger partial charge in [0.15, 0.2) is 9.84 Å². The molecular weight excluding hydrogens is 354 g/mol. The SMILES string of the molecule is N#Cc1ccccc1OCCS(=O)(=O)c1ccccc1Br. The summed E-state index contributed by atoms with van der Waals surface area (Å²) in [5, 5.41) is 8.94. The highest BCUT2D eigenvalue weighted by Gasteiger charge is 2.17. The molecule has 21 heavy (non-hydrogen) atoms. The Kier molecular flexibility index (Phi) is 4.99. The van der Waals surface area contributed by atoms with Crippen LogP contribution in [0.3, 0.4) is 0 Å². The first-order chi connectivity index (χ1) is 10.0. The van der Waals surface area contributed by atoms with Gasteiger partial charge in [-0.15, -0.1) is 0 Å². The van der Waals surface area contributed by atoms with Crippen LogP contribution in [-0.2, 0) is 9.84 Å². The first-order valence-corrected chi connectivity index (χ1v) is 8.58. The number of hydrogen-bond donors (Lipinski definition) is 0. The molecule has 0 bridgehead atoms. The number of nitriles is 1. The molecule has 0 spiro atoms. The van der Waals surface area contributed by atoms with E-state index < -0.39 is 9.84 Å². The van der Waals surface area contributed by atoms with Crippen LogP contribution in [0.5, 0.6) is 5.75 Å². The molecule has 0 radical (unpaired) electrons. The molecule has 2 rings (SSSR count). The van der Waals surface area contributed by atoms with E-state index in [0.717, 1.165) is 0 Å². The van der Waals surface area contributed by atoms with Crippen LogP contribution in [0.1, 0.15) is 5.56 Å². The third-order valence-electron chi connectivity index (χ3n) is 2.79. The fraction of sp³-hybridized carbons (Fsp3) is 0.133. The lowest BCUT2D eigenvalue weighted by molar-refractivity contribution is 0.340. The maximum atomic E-state index is 12.2. The Morgan fingerprint density at radius 1 is 1.10 bits per heavy atom. The van der Waals surface area contributed by atoms with Crippen LogP contribution in [0.15, 0.2) is 57.9 Å². The van der Waals surface area contributed by atoms with Gasteiger partial charge < -0.3 is 4.74 Å². The lowest BCUT2D eigenvalue weighted by Crippen LogP contribution is -2.15. The molecule has 0 aliphatic heterocycles. The smallest absolute Gasteiger partial charge is 0.182 e. The van der Waals surface area contributed by atoms with E-state index in [4.69, 9.17) is 10.00 Å². The molecule has 0 atom stereocenters. The Hall–Kier alpha value is -1.84. The average Bonchev–Trinajstić information content (AvgIpc) is 2.48. The summed E-state index contributed by atoms with van der Waals surface area (Å²) in [5.41, 5.74) is 0.385. The summed E-state index contributed by atoms with van der Waals surface area (Å²) in [6.07, 6.45) is 0. The summed E-state index contributed by atoms with van der Waals surface area (Å²) in [7, 11) is -3.44. The summed E-state index contributed by atoms with van der Waals surface area (Å²) >= 11 is 3.23. The first kappa shape index (κ1) is 15.5. The molecular formula is C15H12BrNO3S. The maximum absolute atomic E-state index is 12.2. The van der Waals surface area contributed by atoms with Crippen LogP contribution in [-0.4, -0.2) is 20.8 Å². The van der Waals surface area contributed by atoms with Crippen LogP contribution in [0.4, 0.5) is 0 Å². The van der Waals surface area contributed by atoms with Gasteiger partial charge in [-0.3, -0.25) is 0 Å². The first-order valence-electron chi connectivity index (χ1n) is 6.14. The van der Waals surface area contributed by atoms with Gasteiger partial charge in [0.25, 0.3) is 0 Å². The zero-order valence-corrected chi connectivity index (χ0v) is 13.4. The quantitative estimate of drug-likeness (QED) is 0.815. The van der Waals surface area contributed by atoms with Crippen molar-refractivity contribution in [1.29, 1.82) is 5.26 Å². The van der Waals surface area contributed by atoms with Crippen molar-refractivity contribution >= 4 is 25.8 Å². The number of halogens is 1. The van der Waals surface area contributed by atoms with Crippen molar-refractivity contribution in [3.8, 4) is 11.8 Å². The standard InChI is InChI=1S/C15H12BrNO3S/c16-13-6-2-4-8-15(13)21(18,19)10-9-20-14-7-3-1-5-12(14)11-17/h1-8H,9-10H2. The summed E-state index contributed by atoms with van der Waals surface area (Å²) < 4.78 is 30.4. The second-order valence-electron chi connectivity index (χ2n) is 4.21.